The van der Waals surface area contributed by atoms with Crippen LogP contribution in [0.25, 0.3) is 11.1 Å². The summed E-state index contributed by atoms with van der Waals surface area (Å²) in [7, 11) is -1.98. The molecule has 0 unspecified atom stereocenters. The number of hydrogen-bond acceptors (Lipinski definition) is 3. The highest BCUT2D eigenvalue weighted by Gasteiger charge is 2.35. The summed E-state index contributed by atoms with van der Waals surface area (Å²) in [4.78, 5) is 14.4. The lowest BCUT2D eigenvalue weighted by atomic mass is 10.1. The van der Waals surface area contributed by atoms with E-state index in [0.29, 0.717) is 29.8 Å². The first-order valence-corrected chi connectivity index (χ1v) is 11.8. The predicted molar refractivity (Wildman–Crippen MR) is 122 cm³/mol. The van der Waals surface area contributed by atoms with Gasteiger partial charge in [0.05, 0.1) is 4.90 Å². The van der Waals surface area contributed by atoms with Gasteiger partial charge in [0.15, 0.2) is 0 Å². The van der Waals surface area contributed by atoms with Gasteiger partial charge in [-0.25, -0.2) is 22.0 Å². The van der Waals surface area contributed by atoms with Gasteiger partial charge in [-0.2, -0.15) is 4.31 Å². The van der Waals surface area contributed by atoms with Crippen molar-refractivity contribution in [2.75, 3.05) is 25.5 Å². The molecule has 1 atom stereocenters. The minimum Gasteiger partial charge on any atom is -0.323 e. The summed E-state index contributed by atoms with van der Waals surface area (Å²) in [6.07, 6.45) is 0.528. The molecule has 3 aromatic carbocycles. The van der Waals surface area contributed by atoms with Crippen molar-refractivity contribution in [1.29, 1.82) is 0 Å². The standard InChI is InChI=1S/C24H23F2N3O3S/c1-28(22-11-12-29(16-22)33(31,32)23-5-3-2-4-6-23)24(30)27-21-9-7-17(8-10-21)18-13-19(25)15-20(26)14-18/h2-10,13-15,22H,11-12,16H2,1H3,(H,27,30)/t22-/m1/s1. The molecule has 1 fully saturated rings. The highest BCUT2D eigenvalue weighted by molar-refractivity contribution is 7.89. The number of urea groups is 1. The van der Waals surface area contributed by atoms with Crippen LogP contribution in [0.2, 0.25) is 0 Å². The summed E-state index contributed by atoms with van der Waals surface area (Å²) in [6.45, 7) is 0.545. The van der Waals surface area contributed by atoms with Gasteiger partial charge >= 0.3 is 6.03 Å². The molecular formula is C24H23F2N3O3S. The molecule has 1 aliphatic heterocycles. The Kier molecular flexibility index (Phi) is 6.44. The number of halogens is 2. The number of anilines is 1. The zero-order chi connectivity index (χ0) is 23.6. The molecule has 9 heteroatoms. The smallest absolute Gasteiger partial charge is 0.321 e. The van der Waals surface area contributed by atoms with Crippen LogP contribution in [0.15, 0.2) is 77.7 Å². The van der Waals surface area contributed by atoms with Gasteiger partial charge in [-0.1, -0.05) is 30.3 Å². The van der Waals surface area contributed by atoms with Crippen molar-refractivity contribution in [3.05, 3.63) is 84.4 Å². The Balaban J connectivity index is 1.39. The number of benzene rings is 3. The summed E-state index contributed by atoms with van der Waals surface area (Å²) < 4.78 is 53.9. The van der Waals surface area contributed by atoms with E-state index in [1.165, 1.54) is 21.3 Å². The molecule has 1 saturated heterocycles. The van der Waals surface area contributed by atoms with Gasteiger partial charge in [0.1, 0.15) is 11.6 Å². The van der Waals surface area contributed by atoms with E-state index in [9.17, 15) is 22.0 Å². The molecule has 1 N–H and O–H groups in total. The fraction of sp³-hybridized carbons (Fsp3) is 0.208. The first-order chi connectivity index (χ1) is 15.7. The van der Waals surface area contributed by atoms with Gasteiger partial charge in [0, 0.05) is 37.9 Å². The summed E-state index contributed by atoms with van der Waals surface area (Å²) in [5.41, 5.74) is 1.52. The van der Waals surface area contributed by atoms with E-state index in [0.717, 1.165) is 6.07 Å². The quantitative estimate of drug-likeness (QED) is 0.593. The second kappa shape index (κ2) is 9.29. The van der Waals surface area contributed by atoms with Gasteiger partial charge in [-0.15, -0.1) is 0 Å². The van der Waals surface area contributed by atoms with Crippen molar-refractivity contribution in [3.63, 3.8) is 0 Å². The van der Waals surface area contributed by atoms with Crippen LogP contribution in [0.1, 0.15) is 6.42 Å². The highest BCUT2D eigenvalue weighted by atomic mass is 32.2. The van der Waals surface area contributed by atoms with Crippen LogP contribution in [0.4, 0.5) is 19.3 Å². The molecular weight excluding hydrogens is 448 g/mol. The number of amides is 2. The average molecular weight is 472 g/mol. The van der Waals surface area contributed by atoms with E-state index in [1.807, 2.05) is 0 Å². The molecule has 0 saturated carbocycles. The number of nitrogens with zero attached hydrogens (tertiary/aromatic N) is 2. The monoisotopic (exact) mass is 471 g/mol. The van der Waals surface area contributed by atoms with Crippen molar-refractivity contribution in [2.45, 2.75) is 17.4 Å². The van der Waals surface area contributed by atoms with E-state index in [-0.39, 0.29) is 23.5 Å². The zero-order valence-electron chi connectivity index (χ0n) is 17.9. The lowest BCUT2D eigenvalue weighted by Crippen LogP contribution is -2.42. The van der Waals surface area contributed by atoms with E-state index < -0.39 is 21.7 Å². The van der Waals surface area contributed by atoms with Gasteiger partial charge in [0.2, 0.25) is 10.0 Å². The fourth-order valence-corrected chi connectivity index (χ4v) is 5.34. The predicted octanol–water partition coefficient (Wildman–Crippen LogP) is 4.56. The van der Waals surface area contributed by atoms with Crippen LogP contribution in [-0.4, -0.2) is 49.8 Å². The molecule has 0 aromatic heterocycles. The van der Waals surface area contributed by atoms with Crippen LogP contribution in [-0.2, 0) is 10.0 Å². The molecule has 6 nitrogen and oxygen atoms in total. The van der Waals surface area contributed by atoms with Gasteiger partial charge < -0.3 is 10.2 Å². The van der Waals surface area contributed by atoms with Gasteiger partial charge in [-0.3, -0.25) is 0 Å². The Morgan fingerprint density at radius 2 is 1.61 bits per heavy atom. The van der Waals surface area contributed by atoms with Crippen molar-refractivity contribution in [1.82, 2.24) is 9.21 Å². The zero-order valence-corrected chi connectivity index (χ0v) is 18.7. The lowest BCUT2D eigenvalue weighted by molar-refractivity contribution is 0.206. The van der Waals surface area contributed by atoms with Crippen LogP contribution in [0.5, 0.6) is 0 Å². The van der Waals surface area contributed by atoms with E-state index in [1.54, 1.807) is 61.6 Å². The number of hydrogen-bond donors (Lipinski definition) is 1. The Morgan fingerprint density at radius 1 is 0.970 bits per heavy atom. The maximum absolute atomic E-state index is 13.5. The third kappa shape index (κ3) is 5.04. The van der Waals surface area contributed by atoms with E-state index in [4.69, 9.17) is 0 Å². The van der Waals surface area contributed by atoms with E-state index >= 15 is 0 Å². The van der Waals surface area contributed by atoms with Gasteiger partial charge in [0.25, 0.3) is 0 Å². The molecule has 172 valence electrons. The SMILES string of the molecule is CN(C(=O)Nc1ccc(-c2cc(F)cc(F)c2)cc1)[C@@H]1CCN(S(=O)(=O)c2ccccc2)C1. The first kappa shape index (κ1) is 22.9. The molecule has 0 bridgehead atoms. The second-order valence-corrected chi connectivity index (χ2v) is 9.83. The molecule has 1 aliphatic rings. The van der Waals surface area contributed by atoms with Crippen LogP contribution >= 0.6 is 0 Å². The van der Waals surface area contributed by atoms with Crippen molar-refractivity contribution in [3.8, 4) is 11.1 Å². The van der Waals surface area contributed by atoms with Crippen molar-refractivity contribution < 1.29 is 22.0 Å². The number of nitrogens with one attached hydrogen (secondary N) is 1. The van der Waals surface area contributed by atoms with Crippen LogP contribution in [0, 0.1) is 11.6 Å². The molecule has 0 spiro atoms. The summed E-state index contributed by atoms with van der Waals surface area (Å²) in [6, 6.07) is 17.5. The Morgan fingerprint density at radius 3 is 2.24 bits per heavy atom. The minimum atomic E-state index is -3.61. The number of likely N-dealkylation sites (N-methyl/N-ethyl adjacent to an activating group) is 1. The normalized spacial score (nSPS) is 16.5. The molecule has 0 aliphatic carbocycles. The van der Waals surface area contributed by atoms with Crippen LogP contribution in [0.3, 0.4) is 0 Å². The maximum atomic E-state index is 13.5. The second-order valence-electron chi connectivity index (χ2n) is 7.90. The largest absolute Gasteiger partial charge is 0.323 e. The maximum Gasteiger partial charge on any atom is 0.321 e. The number of carbonyl (C=O) groups excluding carboxylic acids is 1. The third-order valence-electron chi connectivity index (χ3n) is 5.71. The fourth-order valence-electron chi connectivity index (χ4n) is 3.83. The minimum absolute atomic E-state index is 0.214. The Bertz CT molecular complexity index is 1230. The topological polar surface area (TPSA) is 69.7 Å². The first-order valence-electron chi connectivity index (χ1n) is 10.4. The third-order valence-corrected chi connectivity index (χ3v) is 7.59. The van der Waals surface area contributed by atoms with Crippen molar-refractivity contribution >= 4 is 21.7 Å². The molecule has 1 heterocycles. The number of rotatable bonds is 5. The summed E-state index contributed by atoms with van der Waals surface area (Å²) >= 11 is 0. The molecule has 33 heavy (non-hydrogen) atoms. The molecule has 4 rings (SSSR count). The average Bonchev–Trinajstić information content (AvgIpc) is 3.30. The Labute approximate surface area is 191 Å². The number of sulfonamides is 1. The van der Waals surface area contributed by atoms with Crippen LogP contribution < -0.4 is 5.32 Å². The summed E-state index contributed by atoms with van der Waals surface area (Å²) in [5.74, 6) is -1.33. The van der Waals surface area contributed by atoms with Crippen molar-refractivity contribution in [2.24, 2.45) is 0 Å². The lowest BCUT2D eigenvalue weighted by Gasteiger charge is -2.25. The van der Waals surface area contributed by atoms with E-state index in [2.05, 4.69) is 5.32 Å². The highest BCUT2D eigenvalue weighted by Crippen LogP contribution is 2.25. The Hall–Kier alpha value is -3.30. The molecule has 2 amide bonds. The summed E-state index contributed by atoms with van der Waals surface area (Å²) in [5, 5.41) is 2.78. The molecule has 0 radical (unpaired) electrons. The molecule has 3 aromatic rings. The number of carbonyl (C=O) groups is 1. The van der Waals surface area contributed by atoms with Gasteiger partial charge in [-0.05, 0) is 53.9 Å².